The molecule has 2 rings (SSSR count). The van der Waals surface area contributed by atoms with Crippen LogP contribution in [0, 0.1) is 5.82 Å². The monoisotopic (exact) mass is 311 g/mol. The number of nitrogens with zero attached hydrogens (tertiary/aromatic N) is 2. The third kappa shape index (κ3) is 3.17. The first-order chi connectivity index (χ1) is 8.56. The van der Waals surface area contributed by atoms with Gasteiger partial charge in [-0.1, -0.05) is 15.9 Å². The SMILES string of the molecule is Cn1cc(CCC(N)c2cc(Br)ccc2F)cn1. The number of aromatic nitrogens is 2. The zero-order chi connectivity index (χ0) is 13.1. The van der Waals surface area contributed by atoms with E-state index in [-0.39, 0.29) is 11.9 Å². The highest BCUT2D eigenvalue weighted by molar-refractivity contribution is 9.10. The van der Waals surface area contributed by atoms with Gasteiger partial charge in [0.25, 0.3) is 0 Å². The van der Waals surface area contributed by atoms with Crippen LogP contribution >= 0.6 is 15.9 Å². The molecule has 96 valence electrons. The van der Waals surface area contributed by atoms with Crippen LogP contribution in [0.25, 0.3) is 0 Å². The first-order valence-corrected chi connectivity index (χ1v) is 6.53. The quantitative estimate of drug-likeness (QED) is 0.943. The fraction of sp³-hybridized carbons (Fsp3) is 0.308. The Labute approximate surface area is 114 Å². The van der Waals surface area contributed by atoms with Gasteiger partial charge in [0, 0.05) is 29.3 Å². The molecule has 1 aromatic carbocycles. The van der Waals surface area contributed by atoms with Gasteiger partial charge in [0.15, 0.2) is 0 Å². The molecule has 2 aromatic rings. The van der Waals surface area contributed by atoms with Gasteiger partial charge in [-0.25, -0.2) is 4.39 Å². The van der Waals surface area contributed by atoms with E-state index in [1.807, 2.05) is 19.4 Å². The Bertz CT molecular complexity index is 539. The Morgan fingerprint density at radius 1 is 1.50 bits per heavy atom. The predicted octanol–water partition coefficient (Wildman–Crippen LogP) is 2.95. The number of hydrogen-bond acceptors (Lipinski definition) is 2. The zero-order valence-electron chi connectivity index (χ0n) is 10.1. The summed E-state index contributed by atoms with van der Waals surface area (Å²) in [7, 11) is 1.87. The van der Waals surface area contributed by atoms with E-state index in [2.05, 4.69) is 21.0 Å². The Kier molecular flexibility index (Phi) is 4.14. The highest BCUT2D eigenvalue weighted by atomic mass is 79.9. The van der Waals surface area contributed by atoms with Crippen molar-refractivity contribution in [3.05, 3.63) is 52.0 Å². The van der Waals surface area contributed by atoms with E-state index in [9.17, 15) is 4.39 Å². The molecule has 0 bridgehead atoms. The molecule has 1 unspecified atom stereocenters. The second-order valence-corrected chi connectivity index (χ2v) is 5.25. The summed E-state index contributed by atoms with van der Waals surface area (Å²) in [6.07, 6.45) is 5.24. The topological polar surface area (TPSA) is 43.8 Å². The summed E-state index contributed by atoms with van der Waals surface area (Å²) >= 11 is 3.33. The summed E-state index contributed by atoms with van der Waals surface area (Å²) in [6.45, 7) is 0. The predicted molar refractivity (Wildman–Crippen MR) is 72.6 cm³/mol. The minimum Gasteiger partial charge on any atom is -0.324 e. The van der Waals surface area contributed by atoms with Crippen molar-refractivity contribution in [1.82, 2.24) is 9.78 Å². The molecule has 18 heavy (non-hydrogen) atoms. The highest BCUT2D eigenvalue weighted by Gasteiger charge is 2.12. The van der Waals surface area contributed by atoms with Crippen molar-refractivity contribution < 1.29 is 4.39 Å². The van der Waals surface area contributed by atoms with Crippen molar-refractivity contribution in [3.63, 3.8) is 0 Å². The summed E-state index contributed by atoms with van der Waals surface area (Å²) < 4.78 is 16.2. The van der Waals surface area contributed by atoms with Crippen LogP contribution in [-0.2, 0) is 13.5 Å². The van der Waals surface area contributed by atoms with Crippen LogP contribution in [0.5, 0.6) is 0 Å². The number of halogens is 2. The molecular formula is C13H15BrFN3. The molecular weight excluding hydrogens is 297 g/mol. The van der Waals surface area contributed by atoms with Gasteiger partial charge in [-0.05, 0) is 36.6 Å². The lowest BCUT2D eigenvalue weighted by molar-refractivity contribution is 0.563. The lowest BCUT2D eigenvalue weighted by atomic mass is 10.0. The van der Waals surface area contributed by atoms with Gasteiger partial charge >= 0.3 is 0 Å². The van der Waals surface area contributed by atoms with Crippen LogP contribution in [0.1, 0.15) is 23.6 Å². The third-order valence-corrected chi connectivity index (χ3v) is 3.35. The maximum Gasteiger partial charge on any atom is 0.128 e. The average molecular weight is 312 g/mol. The van der Waals surface area contributed by atoms with Crippen molar-refractivity contribution in [3.8, 4) is 0 Å². The molecule has 1 atom stereocenters. The normalized spacial score (nSPS) is 12.7. The molecule has 0 saturated carbocycles. The number of benzene rings is 1. The molecule has 3 nitrogen and oxygen atoms in total. The van der Waals surface area contributed by atoms with Crippen LogP contribution in [0.4, 0.5) is 4.39 Å². The maximum atomic E-state index is 13.6. The van der Waals surface area contributed by atoms with Crippen molar-refractivity contribution in [2.75, 3.05) is 0 Å². The Morgan fingerprint density at radius 3 is 2.94 bits per heavy atom. The van der Waals surface area contributed by atoms with Crippen molar-refractivity contribution in [2.24, 2.45) is 12.8 Å². The smallest absolute Gasteiger partial charge is 0.128 e. The number of hydrogen-bond donors (Lipinski definition) is 1. The maximum absolute atomic E-state index is 13.6. The van der Waals surface area contributed by atoms with E-state index < -0.39 is 0 Å². The summed E-state index contributed by atoms with van der Waals surface area (Å²) in [5, 5.41) is 4.09. The van der Waals surface area contributed by atoms with E-state index in [0.717, 1.165) is 16.5 Å². The van der Waals surface area contributed by atoms with Crippen molar-refractivity contribution in [2.45, 2.75) is 18.9 Å². The zero-order valence-corrected chi connectivity index (χ0v) is 11.7. The first kappa shape index (κ1) is 13.2. The van der Waals surface area contributed by atoms with Crippen LogP contribution in [-0.4, -0.2) is 9.78 Å². The van der Waals surface area contributed by atoms with E-state index in [1.54, 1.807) is 16.8 Å². The fourth-order valence-electron chi connectivity index (χ4n) is 1.88. The standard InChI is InChI=1S/C13H15BrFN3/c1-18-8-9(7-17-18)2-5-13(16)11-6-10(14)3-4-12(11)15/h3-4,6-8,13H,2,5,16H2,1H3. The molecule has 0 fully saturated rings. The van der Waals surface area contributed by atoms with E-state index in [1.165, 1.54) is 6.07 Å². The molecule has 1 aromatic heterocycles. The first-order valence-electron chi connectivity index (χ1n) is 5.74. The Balaban J connectivity index is 2.03. The van der Waals surface area contributed by atoms with Gasteiger partial charge in [-0.3, -0.25) is 4.68 Å². The molecule has 0 aliphatic carbocycles. The molecule has 0 saturated heterocycles. The van der Waals surface area contributed by atoms with Gasteiger partial charge in [-0.15, -0.1) is 0 Å². The van der Waals surface area contributed by atoms with Crippen LogP contribution in [0.2, 0.25) is 0 Å². The van der Waals surface area contributed by atoms with Crippen LogP contribution < -0.4 is 5.73 Å². The lowest BCUT2D eigenvalue weighted by Gasteiger charge is -2.12. The Hall–Kier alpha value is -1.20. The van der Waals surface area contributed by atoms with Crippen molar-refractivity contribution in [1.29, 1.82) is 0 Å². The number of nitrogens with two attached hydrogens (primary N) is 1. The summed E-state index contributed by atoms with van der Waals surface area (Å²) in [5.74, 6) is -0.253. The largest absolute Gasteiger partial charge is 0.324 e. The molecule has 0 amide bonds. The molecule has 5 heteroatoms. The van der Waals surface area contributed by atoms with E-state index >= 15 is 0 Å². The molecule has 2 N–H and O–H groups in total. The van der Waals surface area contributed by atoms with Gasteiger partial charge in [0.2, 0.25) is 0 Å². The summed E-state index contributed by atoms with van der Waals surface area (Å²) in [6, 6.07) is 4.54. The van der Waals surface area contributed by atoms with E-state index in [4.69, 9.17) is 5.73 Å². The second-order valence-electron chi connectivity index (χ2n) is 4.33. The third-order valence-electron chi connectivity index (χ3n) is 2.86. The van der Waals surface area contributed by atoms with E-state index in [0.29, 0.717) is 12.0 Å². The summed E-state index contributed by atoms with van der Waals surface area (Å²) in [4.78, 5) is 0. The van der Waals surface area contributed by atoms with Gasteiger partial charge in [-0.2, -0.15) is 5.10 Å². The van der Waals surface area contributed by atoms with Crippen molar-refractivity contribution >= 4 is 15.9 Å². The number of rotatable bonds is 4. The second kappa shape index (κ2) is 5.63. The van der Waals surface area contributed by atoms with Crippen LogP contribution in [0.15, 0.2) is 35.1 Å². The molecule has 0 aliphatic rings. The fourth-order valence-corrected chi connectivity index (χ4v) is 2.26. The Morgan fingerprint density at radius 2 is 2.28 bits per heavy atom. The van der Waals surface area contributed by atoms with Gasteiger partial charge in [0.1, 0.15) is 5.82 Å². The van der Waals surface area contributed by atoms with Gasteiger partial charge < -0.3 is 5.73 Å². The van der Waals surface area contributed by atoms with Crippen LogP contribution in [0.3, 0.4) is 0 Å². The molecule has 0 aliphatic heterocycles. The highest BCUT2D eigenvalue weighted by Crippen LogP contribution is 2.23. The number of aryl methyl sites for hydroxylation is 2. The minimum atomic E-state index is -0.303. The average Bonchev–Trinajstić information content (AvgIpc) is 2.75. The lowest BCUT2D eigenvalue weighted by Crippen LogP contribution is -2.13. The molecule has 0 spiro atoms. The molecule has 0 radical (unpaired) electrons. The minimum absolute atomic E-state index is 0.253. The summed E-state index contributed by atoms with van der Waals surface area (Å²) in [5.41, 5.74) is 7.69. The van der Waals surface area contributed by atoms with Gasteiger partial charge in [0.05, 0.1) is 6.20 Å². The molecule has 1 heterocycles.